The largest absolute Gasteiger partial charge is 0.459 e. The molecule has 0 radical (unpaired) electrons. The molecule has 34 heavy (non-hydrogen) atoms. The molecule has 1 aromatic heterocycles. The number of carbonyl (C=O) groups is 1. The first kappa shape index (κ1) is 24.1. The van der Waals surface area contributed by atoms with Crippen LogP contribution in [0, 0.1) is 0 Å². The molecule has 0 unspecified atom stereocenters. The molecule has 7 nitrogen and oxygen atoms in total. The van der Waals surface area contributed by atoms with Gasteiger partial charge in [-0.1, -0.05) is 49.7 Å². The molecule has 0 aliphatic carbocycles. The molecular weight excluding hydrogens is 470 g/mol. The summed E-state index contributed by atoms with van der Waals surface area (Å²) >= 11 is 1.54. The van der Waals surface area contributed by atoms with Crippen LogP contribution in [0.3, 0.4) is 0 Å². The smallest absolute Gasteiger partial charge is 0.306 e. The van der Waals surface area contributed by atoms with Crippen molar-refractivity contribution in [1.29, 1.82) is 0 Å². The zero-order valence-electron chi connectivity index (χ0n) is 19.0. The fourth-order valence-corrected chi connectivity index (χ4v) is 5.68. The summed E-state index contributed by atoms with van der Waals surface area (Å²) in [6.45, 7) is 2.79. The highest BCUT2D eigenvalue weighted by Crippen LogP contribution is 2.25. The van der Waals surface area contributed by atoms with E-state index in [-0.39, 0.29) is 17.5 Å². The fraction of sp³-hybridized carbons (Fsp3) is 0.320. The summed E-state index contributed by atoms with van der Waals surface area (Å²) in [6, 6.07) is 15.1. The van der Waals surface area contributed by atoms with Gasteiger partial charge in [0.25, 0.3) is 10.0 Å². The van der Waals surface area contributed by atoms with Gasteiger partial charge in [-0.15, -0.1) is 11.3 Å². The Morgan fingerprint density at radius 3 is 2.68 bits per heavy atom. The van der Waals surface area contributed by atoms with Crippen LogP contribution in [0.1, 0.15) is 49.4 Å². The number of thiazole rings is 1. The van der Waals surface area contributed by atoms with Crippen molar-refractivity contribution < 1.29 is 17.9 Å². The molecule has 1 aliphatic heterocycles. The van der Waals surface area contributed by atoms with Crippen molar-refractivity contribution in [3.63, 3.8) is 0 Å². The zero-order chi connectivity index (χ0) is 24.0. The van der Waals surface area contributed by atoms with Crippen molar-refractivity contribution >= 4 is 33.2 Å². The Hall–Kier alpha value is -3.04. The molecule has 178 valence electrons. The highest BCUT2D eigenvalue weighted by Gasteiger charge is 2.29. The van der Waals surface area contributed by atoms with E-state index in [2.05, 4.69) is 45.9 Å². The summed E-state index contributed by atoms with van der Waals surface area (Å²) in [7, 11) is -3.51. The Morgan fingerprint density at radius 1 is 1.09 bits per heavy atom. The summed E-state index contributed by atoms with van der Waals surface area (Å²) in [5.41, 5.74) is 3.71. The molecule has 4 rings (SSSR count). The van der Waals surface area contributed by atoms with E-state index in [1.165, 1.54) is 5.56 Å². The highest BCUT2D eigenvalue weighted by molar-refractivity contribution is 7.90. The number of sulfonamides is 1. The third-order valence-corrected chi connectivity index (χ3v) is 7.85. The predicted molar refractivity (Wildman–Crippen MR) is 133 cm³/mol. The molecular formula is C25H27N3O4S2. The first-order chi connectivity index (χ1) is 16.5. The number of aliphatic imine (C=N–C) groups is 1. The lowest BCUT2D eigenvalue weighted by Gasteiger charge is -2.03. The Kier molecular flexibility index (Phi) is 7.74. The monoisotopic (exact) mass is 497 g/mol. The minimum absolute atomic E-state index is 0.176. The van der Waals surface area contributed by atoms with E-state index in [1.807, 2.05) is 5.38 Å². The predicted octanol–water partition coefficient (Wildman–Crippen LogP) is 4.71. The number of unbranched alkanes of at least 4 members (excludes halogenated alkanes) is 2. The van der Waals surface area contributed by atoms with Gasteiger partial charge in [-0.3, -0.25) is 14.5 Å². The quantitative estimate of drug-likeness (QED) is 0.323. The topological polar surface area (TPSA) is 97.7 Å². The number of carbonyl (C=O) groups excluding carboxylic acids is 1. The molecule has 0 fully saturated rings. The van der Waals surface area contributed by atoms with E-state index in [1.54, 1.807) is 35.6 Å². The number of benzene rings is 2. The van der Waals surface area contributed by atoms with Crippen LogP contribution in [0.2, 0.25) is 0 Å². The van der Waals surface area contributed by atoms with E-state index in [0.717, 1.165) is 35.5 Å². The molecule has 0 saturated heterocycles. The number of nitrogens with one attached hydrogen (secondary N) is 1. The number of aryl methyl sites for hydroxylation is 1. The van der Waals surface area contributed by atoms with Crippen molar-refractivity contribution in [3.05, 3.63) is 70.7 Å². The van der Waals surface area contributed by atoms with E-state index >= 15 is 0 Å². The van der Waals surface area contributed by atoms with Gasteiger partial charge in [0.1, 0.15) is 17.5 Å². The summed E-state index contributed by atoms with van der Waals surface area (Å²) in [6.07, 6.45) is 3.59. The van der Waals surface area contributed by atoms with E-state index in [0.29, 0.717) is 30.8 Å². The van der Waals surface area contributed by atoms with Gasteiger partial charge in [0, 0.05) is 29.5 Å². The second-order valence-corrected chi connectivity index (χ2v) is 10.5. The van der Waals surface area contributed by atoms with E-state index in [9.17, 15) is 13.2 Å². The van der Waals surface area contributed by atoms with Gasteiger partial charge in [-0.05, 0) is 37.0 Å². The molecule has 1 aliphatic rings. The minimum Gasteiger partial charge on any atom is -0.459 e. The second-order valence-electron chi connectivity index (χ2n) is 8.00. The second kappa shape index (κ2) is 10.9. The lowest BCUT2D eigenvalue weighted by Crippen LogP contribution is -2.22. The molecule has 2 aromatic carbocycles. The van der Waals surface area contributed by atoms with Gasteiger partial charge in [0.15, 0.2) is 0 Å². The van der Waals surface area contributed by atoms with Crippen molar-refractivity contribution in [3.8, 4) is 10.6 Å². The minimum atomic E-state index is -3.51. The molecule has 0 atom stereocenters. The van der Waals surface area contributed by atoms with Gasteiger partial charge in [-0.2, -0.15) is 0 Å². The van der Waals surface area contributed by atoms with Crippen LogP contribution in [0.15, 0.2) is 63.8 Å². The number of amidine groups is 1. The molecule has 1 N–H and O–H groups in total. The molecule has 2 heterocycles. The van der Waals surface area contributed by atoms with Crippen molar-refractivity contribution in [2.45, 2.75) is 50.5 Å². The van der Waals surface area contributed by atoms with Crippen LogP contribution < -0.4 is 4.72 Å². The molecule has 9 heteroatoms. The number of nitrogens with zero attached hydrogens (tertiary/aromatic N) is 2. The molecule has 0 bridgehead atoms. The Balaban J connectivity index is 1.15. The summed E-state index contributed by atoms with van der Waals surface area (Å²) in [5.74, 6) is 0.143. The average molecular weight is 498 g/mol. The highest BCUT2D eigenvalue weighted by atomic mass is 32.2. The lowest BCUT2D eigenvalue weighted by atomic mass is 10.1. The van der Waals surface area contributed by atoms with Gasteiger partial charge in [-0.25, -0.2) is 13.4 Å². The van der Waals surface area contributed by atoms with Crippen LogP contribution in [-0.4, -0.2) is 31.8 Å². The van der Waals surface area contributed by atoms with Crippen LogP contribution in [0.25, 0.3) is 10.6 Å². The van der Waals surface area contributed by atoms with Gasteiger partial charge < -0.3 is 4.74 Å². The van der Waals surface area contributed by atoms with Crippen LogP contribution in [0.5, 0.6) is 0 Å². The van der Waals surface area contributed by atoms with Gasteiger partial charge in [0.05, 0.1) is 10.6 Å². The fourth-order valence-electron chi connectivity index (χ4n) is 3.62. The molecule has 0 saturated carbocycles. The molecule has 0 spiro atoms. The standard InChI is InChI=1S/C25H27N3O4S2/c1-2-18-11-13-19(14-12-18)25-27-20(17-33-25)16-32-23(29)10-4-3-7-15-26-24-21-8-5-6-9-22(21)34(30,31)28-24/h5-6,8-9,11-14,17H,2-4,7,10,15-16H2,1H3,(H,26,28). The number of hydrogen-bond donors (Lipinski definition) is 1. The summed E-state index contributed by atoms with van der Waals surface area (Å²) in [5, 5.41) is 2.84. The van der Waals surface area contributed by atoms with E-state index < -0.39 is 10.0 Å². The lowest BCUT2D eigenvalue weighted by molar-refractivity contribution is -0.145. The number of hydrogen-bond acceptors (Lipinski definition) is 7. The molecule has 3 aromatic rings. The van der Waals surface area contributed by atoms with Gasteiger partial charge >= 0.3 is 5.97 Å². The summed E-state index contributed by atoms with van der Waals surface area (Å²) < 4.78 is 32.0. The number of aromatic nitrogens is 1. The van der Waals surface area contributed by atoms with Crippen molar-refractivity contribution in [1.82, 2.24) is 9.71 Å². The van der Waals surface area contributed by atoms with Crippen LogP contribution in [-0.2, 0) is 32.6 Å². The SMILES string of the molecule is CCc1ccc(-c2nc(COC(=O)CCCCCN=C3NS(=O)(=O)c4ccccc43)cs2)cc1. The Bertz CT molecular complexity index is 1280. The Labute approximate surface area is 204 Å². The maximum absolute atomic E-state index is 12.1. The van der Waals surface area contributed by atoms with E-state index in [4.69, 9.17) is 4.74 Å². The average Bonchev–Trinajstić information content (AvgIpc) is 3.42. The van der Waals surface area contributed by atoms with Crippen molar-refractivity contribution in [2.75, 3.05) is 6.54 Å². The maximum atomic E-state index is 12.1. The van der Waals surface area contributed by atoms with Crippen LogP contribution >= 0.6 is 11.3 Å². The number of ether oxygens (including phenoxy) is 1. The Morgan fingerprint density at radius 2 is 1.88 bits per heavy atom. The van der Waals surface area contributed by atoms with Gasteiger partial charge in [0.2, 0.25) is 0 Å². The third-order valence-electron chi connectivity index (χ3n) is 5.51. The first-order valence-electron chi connectivity index (χ1n) is 11.3. The number of esters is 1. The van der Waals surface area contributed by atoms with Crippen molar-refractivity contribution in [2.24, 2.45) is 4.99 Å². The first-order valence-corrected chi connectivity index (χ1v) is 13.7. The number of rotatable bonds is 10. The number of fused-ring (bicyclic) bond motifs is 1. The maximum Gasteiger partial charge on any atom is 0.306 e. The zero-order valence-corrected chi connectivity index (χ0v) is 20.6. The normalized spacial score (nSPS) is 15.1. The third kappa shape index (κ3) is 5.90. The molecule has 0 amide bonds. The summed E-state index contributed by atoms with van der Waals surface area (Å²) in [4.78, 5) is 21.3. The van der Waals surface area contributed by atoms with Crippen LogP contribution in [0.4, 0.5) is 0 Å².